The van der Waals surface area contributed by atoms with Gasteiger partial charge in [0.05, 0.1) is 29.3 Å². The minimum atomic E-state index is -1.24. The second-order valence-electron chi connectivity index (χ2n) is 16.3. The van der Waals surface area contributed by atoms with Crippen LogP contribution in [0.1, 0.15) is 127 Å². The molecule has 1 aliphatic heterocycles. The molecule has 2 heterocycles. The van der Waals surface area contributed by atoms with Crippen LogP contribution < -0.4 is 21.7 Å². The molecular weight excluding hydrogens is 768 g/mol. The van der Waals surface area contributed by atoms with Gasteiger partial charge in [0.2, 0.25) is 5.91 Å². The normalized spacial score (nSPS) is 18.0. The second-order valence-corrected chi connectivity index (χ2v) is 17.2. The molecule has 6 N–H and O–H groups in total. The maximum atomic E-state index is 14.6. The molecule has 0 unspecified atom stereocenters. The topological polar surface area (TPSA) is 202 Å². The Balaban J connectivity index is 1.95. The van der Waals surface area contributed by atoms with Crippen LogP contribution in [-0.4, -0.2) is 81.6 Å². The minimum Gasteiger partial charge on any atom is -0.481 e. The largest absolute Gasteiger partial charge is 0.481 e. The number of hydroxylamine groups is 2. The number of ether oxygens (including phenoxy) is 1. The van der Waals surface area contributed by atoms with E-state index in [2.05, 4.69) is 26.9 Å². The maximum absolute atomic E-state index is 14.6. The van der Waals surface area contributed by atoms with Gasteiger partial charge < -0.3 is 31.5 Å². The van der Waals surface area contributed by atoms with E-state index in [1.54, 1.807) is 6.07 Å². The molecule has 1 saturated heterocycles. The first kappa shape index (κ1) is 47.8. The molecule has 3 rings (SSSR count). The lowest BCUT2D eigenvalue weighted by Gasteiger charge is -2.38. The number of aliphatic carboxylic acids is 1. The number of carbonyl (C=O) groups excluding carboxylic acids is 4. The smallest absolute Gasteiger partial charge is 0.309 e. The van der Waals surface area contributed by atoms with E-state index in [1.165, 1.54) is 43.3 Å². The Kier molecular flexibility index (Phi) is 17.6. The molecule has 320 valence electrons. The number of carbonyl (C=O) groups is 5. The highest BCUT2D eigenvalue weighted by Gasteiger charge is 2.42. The van der Waals surface area contributed by atoms with Crippen LogP contribution in [0, 0.1) is 35.4 Å². The number of terminal acetylenes is 1. The van der Waals surface area contributed by atoms with E-state index in [0.29, 0.717) is 37.8 Å². The monoisotopic (exact) mass is 828 g/mol. The van der Waals surface area contributed by atoms with E-state index < -0.39 is 64.8 Å². The molecule has 1 aliphatic rings. The third kappa shape index (κ3) is 13.2. The number of benzene rings is 1. The van der Waals surface area contributed by atoms with Gasteiger partial charge in [0.1, 0.15) is 22.6 Å². The number of hydrogen-bond acceptors (Lipinski definition) is 11. The number of carboxylic acids is 1. The van der Waals surface area contributed by atoms with E-state index in [4.69, 9.17) is 21.7 Å². The molecule has 58 heavy (non-hydrogen) atoms. The molecule has 1 fully saturated rings. The van der Waals surface area contributed by atoms with Crippen molar-refractivity contribution >= 4 is 46.7 Å². The number of hydrogen-bond donors (Lipinski definition) is 5. The molecule has 0 bridgehead atoms. The van der Waals surface area contributed by atoms with Gasteiger partial charge in [-0.25, -0.2) is 14.4 Å². The Hall–Kier alpha value is -4.59. The quantitative estimate of drug-likeness (QED) is 0.0327. The summed E-state index contributed by atoms with van der Waals surface area (Å²) >= 11 is 1.08. The average Bonchev–Trinajstić information content (AvgIpc) is 3.84. The van der Waals surface area contributed by atoms with Crippen LogP contribution in [0.5, 0.6) is 0 Å². The molecule has 0 radical (unpaired) electrons. The van der Waals surface area contributed by atoms with Crippen LogP contribution >= 0.6 is 11.3 Å². The van der Waals surface area contributed by atoms with E-state index >= 15 is 0 Å². The fourth-order valence-corrected chi connectivity index (χ4v) is 7.62. The van der Waals surface area contributed by atoms with Crippen LogP contribution in [0.25, 0.3) is 0 Å². The zero-order valence-corrected chi connectivity index (χ0v) is 35.8. The molecule has 1 aromatic heterocycles. The zero-order valence-electron chi connectivity index (χ0n) is 35.0. The van der Waals surface area contributed by atoms with Crippen molar-refractivity contribution in [1.82, 2.24) is 26.0 Å². The summed E-state index contributed by atoms with van der Waals surface area (Å²) in [6.45, 7) is 14.6. The summed E-state index contributed by atoms with van der Waals surface area (Å²) in [6.07, 6.45) is 7.56. The fraction of sp³-hybridized carbons (Fsp3) is 0.619. The van der Waals surface area contributed by atoms with E-state index in [1.807, 2.05) is 34.6 Å². The Morgan fingerprint density at radius 3 is 2.48 bits per heavy atom. The van der Waals surface area contributed by atoms with Crippen LogP contribution in [0.3, 0.4) is 0 Å². The third-order valence-corrected chi connectivity index (χ3v) is 11.6. The predicted molar refractivity (Wildman–Crippen MR) is 220 cm³/mol. The zero-order chi connectivity index (χ0) is 43.4. The number of amides is 3. The van der Waals surface area contributed by atoms with Crippen molar-refractivity contribution in [2.24, 2.45) is 17.3 Å². The van der Waals surface area contributed by atoms with Crippen LogP contribution in [0.2, 0.25) is 0 Å². The number of esters is 1. The molecule has 14 nitrogen and oxygen atoms in total. The average molecular weight is 829 g/mol. The van der Waals surface area contributed by atoms with Gasteiger partial charge in [-0.05, 0) is 89.0 Å². The number of nitrogens with two attached hydrogens (primary N) is 1. The van der Waals surface area contributed by atoms with Crippen molar-refractivity contribution in [3.8, 4) is 12.3 Å². The van der Waals surface area contributed by atoms with Crippen molar-refractivity contribution in [3.63, 3.8) is 0 Å². The van der Waals surface area contributed by atoms with Crippen LogP contribution in [0.4, 0.5) is 10.1 Å². The van der Waals surface area contributed by atoms with Gasteiger partial charge in [0.25, 0.3) is 11.8 Å². The van der Waals surface area contributed by atoms with Gasteiger partial charge in [0.15, 0.2) is 6.10 Å². The molecule has 0 aliphatic carbocycles. The lowest BCUT2D eigenvalue weighted by atomic mass is 9.84. The van der Waals surface area contributed by atoms with E-state index in [-0.39, 0.29) is 60.0 Å². The highest BCUT2D eigenvalue weighted by molar-refractivity contribution is 7.09. The number of carboxylic acid groups (broad SMARTS) is 1. The highest BCUT2D eigenvalue weighted by atomic mass is 32.1. The van der Waals surface area contributed by atoms with Crippen LogP contribution in [0.15, 0.2) is 23.6 Å². The number of rotatable bonds is 22. The molecule has 3 amide bonds. The summed E-state index contributed by atoms with van der Waals surface area (Å²) < 4.78 is 20.1. The third-order valence-electron chi connectivity index (χ3n) is 10.6. The maximum Gasteiger partial charge on any atom is 0.309 e. The van der Waals surface area contributed by atoms with E-state index in [0.717, 1.165) is 17.8 Å². The summed E-state index contributed by atoms with van der Waals surface area (Å²) in [6, 6.07) is 1.90. The lowest BCUT2D eigenvalue weighted by Crippen LogP contribution is -2.60. The first-order chi connectivity index (χ1) is 27.2. The molecule has 1 aromatic carbocycles. The predicted octanol–water partition coefficient (Wildman–Crippen LogP) is 5.57. The molecule has 6 atom stereocenters. The number of unbranched alkanes of at least 4 members (excludes halogenated alkanes) is 1. The SMILES string of the molecule is C#CCCCON(C(=O)[C@@H](NC(=O)[C@@]1(C)CCCN1)[C@@H](C)CC)[C@H](C[C@@H](OC(C)=O)c1nc(C(=O)N[C@@H](Cc2ccc(N)c(F)c2)CC(C)(C)C(=O)O)cs1)C(C)C. The number of nitrogen functional groups attached to an aromatic ring is 1. The standard InChI is InChI=1S/C42H61FN6O8S/c1-10-12-13-19-56-49(38(52)35(26(5)11-2)48-39(53)42(9)17-14-18-45-42)33(25(3)4)22-34(57-27(6)50)37-47-32(24-58-37)36(51)46-29(23-41(7,8)40(54)55)20-28-15-16-31(44)30(43)21-28/h1,15-16,21,24-26,29,33-35,45H,11-14,17-20,22-23,44H2,2-9H3,(H,46,51)(H,48,53)(H,54,55)/t26-,29-,33+,34+,35-,42+/m0/s1. The van der Waals surface area contributed by atoms with Crippen molar-refractivity contribution in [2.45, 2.75) is 137 Å². The summed E-state index contributed by atoms with van der Waals surface area (Å²) in [7, 11) is 0. The van der Waals surface area contributed by atoms with E-state index in [9.17, 15) is 33.5 Å². The van der Waals surface area contributed by atoms with Gasteiger partial charge in [-0.2, -0.15) is 0 Å². The summed E-state index contributed by atoms with van der Waals surface area (Å²) in [5, 5.41) is 22.0. The number of thiazole rings is 1. The Morgan fingerprint density at radius 2 is 1.91 bits per heavy atom. The number of halogens is 1. The summed E-state index contributed by atoms with van der Waals surface area (Å²) in [5.74, 6) is -1.61. The van der Waals surface area contributed by atoms with Crippen molar-refractivity contribution < 1.29 is 43.0 Å². The van der Waals surface area contributed by atoms with Crippen LogP contribution in [-0.2, 0) is 35.2 Å². The van der Waals surface area contributed by atoms with Gasteiger partial charge in [-0.1, -0.05) is 40.2 Å². The Labute approximate surface area is 345 Å². The van der Waals surface area contributed by atoms with Crippen molar-refractivity contribution in [2.75, 3.05) is 18.9 Å². The number of anilines is 1. The lowest BCUT2D eigenvalue weighted by molar-refractivity contribution is -0.213. The Morgan fingerprint density at radius 1 is 1.21 bits per heavy atom. The first-order valence-electron chi connectivity index (χ1n) is 19.9. The second kappa shape index (κ2) is 21.4. The molecule has 16 heteroatoms. The van der Waals surface area contributed by atoms with Gasteiger partial charge in [0, 0.05) is 31.2 Å². The molecular formula is C42H61FN6O8S. The highest BCUT2D eigenvalue weighted by Crippen LogP contribution is 2.33. The summed E-state index contributed by atoms with van der Waals surface area (Å²) in [4.78, 5) is 77.3. The number of nitrogens with zero attached hydrogens (tertiary/aromatic N) is 2. The molecule has 2 aromatic rings. The van der Waals surface area contributed by atoms with Gasteiger partial charge in [-0.15, -0.1) is 23.7 Å². The Bertz CT molecular complexity index is 1790. The first-order valence-corrected chi connectivity index (χ1v) is 20.8. The molecule has 0 spiro atoms. The van der Waals surface area contributed by atoms with Crippen molar-refractivity contribution in [3.05, 3.63) is 45.7 Å². The van der Waals surface area contributed by atoms with Gasteiger partial charge >= 0.3 is 11.9 Å². The minimum absolute atomic E-state index is 0.00750. The number of aromatic nitrogens is 1. The van der Waals surface area contributed by atoms with Crippen molar-refractivity contribution in [1.29, 1.82) is 0 Å². The number of nitrogens with one attached hydrogen (secondary N) is 3. The van der Waals surface area contributed by atoms with Gasteiger partial charge in [-0.3, -0.25) is 28.8 Å². The molecule has 0 saturated carbocycles. The summed E-state index contributed by atoms with van der Waals surface area (Å²) in [5.41, 5.74) is 4.05. The fourth-order valence-electron chi connectivity index (χ4n) is 6.79.